The van der Waals surface area contributed by atoms with Crippen LogP contribution in [0.25, 0.3) is 5.76 Å². The number of carbonyl (C=O) groups is 2. The van der Waals surface area contributed by atoms with E-state index in [1.54, 1.807) is 43.3 Å². The quantitative estimate of drug-likeness (QED) is 0.356. The number of aryl methyl sites for hydroxylation is 2. The maximum atomic E-state index is 13.6. The zero-order chi connectivity index (χ0) is 23.0. The Hall–Kier alpha value is -3.93. The Labute approximate surface area is 185 Å². The lowest BCUT2D eigenvalue weighted by Crippen LogP contribution is -2.29. The Morgan fingerprint density at radius 3 is 2.34 bits per heavy atom. The number of anilines is 1. The normalized spacial score (nSPS) is 17.6. The van der Waals surface area contributed by atoms with Gasteiger partial charge in [0.15, 0.2) is 0 Å². The first-order valence-electron chi connectivity index (χ1n) is 10.1. The summed E-state index contributed by atoms with van der Waals surface area (Å²) >= 11 is 0. The van der Waals surface area contributed by atoms with Crippen LogP contribution < -0.4 is 9.64 Å². The molecule has 1 N–H and O–H groups in total. The van der Waals surface area contributed by atoms with E-state index in [4.69, 9.17) is 4.74 Å². The molecule has 1 fully saturated rings. The molecule has 0 saturated carbocycles. The molecule has 1 aliphatic heterocycles. The number of ketones is 1. The fraction of sp³-hybridized carbons (Fsp3) is 0.154. The van der Waals surface area contributed by atoms with E-state index in [1.165, 1.54) is 36.3 Å². The number of nitrogens with zero attached hydrogens (tertiary/aromatic N) is 1. The van der Waals surface area contributed by atoms with Crippen LogP contribution in [0.4, 0.5) is 10.1 Å². The first-order valence-corrected chi connectivity index (χ1v) is 10.1. The summed E-state index contributed by atoms with van der Waals surface area (Å²) in [5.41, 5.74) is 3.00. The zero-order valence-electron chi connectivity index (χ0n) is 17.9. The van der Waals surface area contributed by atoms with E-state index in [-0.39, 0.29) is 11.3 Å². The van der Waals surface area contributed by atoms with Gasteiger partial charge in [-0.1, -0.05) is 24.3 Å². The average Bonchev–Trinajstić information content (AvgIpc) is 3.04. The Morgan fingerprint density at radius 2 is 1.72 bits per heavy atom. The van der Waals surface area contributed by atoms with Crippen molar-refractivity contribution < 1.29 is 23.8 Å². The number of hydrogen-bond acceptors (Lipinski definition) is 4. The topological polar surface area (TPSA) is 66.8 Å². The molecule has 0 bridgehead atoms. The molecule has 0 aliphatic carbocycles. The minimum atomic E-state index is -0.904. The summed E-state index contributed by atoms with van der Waals surface area (Å²) in [5, 5.41) is 11.2. The Morgan fingerprint density at radius 1 is 1.00 bits per heavy atom. The number of aliphatic hydroxyl groups excluding tert-OH is 1. The molecular weight excluding hydrogens is 409 g/mol. The van der Waals surface area contributed by atoms with Crippen LogP contribution in [0.2, 0.25) is 0 Å². The number of carbonyl (C=O) groups excluding carboxylic acids is 2. The molecule has 6 heteroatoms. The molecule has 1 amide bonds. The predicted octanol–water partition coefficient (Wildman–Crippen LogP) is 5.08. The number of hydrogen-bond donors (Lipinski definition) is 1. The number of amides is 1. The van der Waals surface area contributed by atoms with Gasteiger partial charge in [-0.25, -0.2) is 4.39 Å². The summed E-state index contributed by atoms with van der Waals surface area (Å²) in [6.07, 6.45) is 0. The van der Waals surface area contributed by atoms with Gasteiger partial charge < -0.3 is 9.84 Å². The summed E-state index contributed by atoms with van der Waals surface area (Å²) in [5.74, 6) is -1.67. The maximum Gasteiger partial charge on any atom is 0.300 e. The van der Waals surface area contributed by atoms with E-state index in [0.717, 1.165) is 5.56 Å². The second kappa shape index (κ2) is 8.30. The molecule has 0 radical (unpaired) electrons. The van der Waals surface area contributed by atoms with Crippen LogP contribution in [-0.2, 0) is 9.59 Å². The molecule has 1 heterocycles. The molecule has 32 heavy (non-hydrogen) atoms. The van der Waals surface area contributed by atoms with Crippen molar-refractivity contribution in [1.29, 1.82) is 0 Å². The van der Waals surface area contributed by atoms with Gasteiger partial charge in [-0.15, -0.1) is 0 Å². The van der Waals surface area contributed by atoms with Crippen molar-refractivity contribution in [2.24, 2.45) is 0 Å². The van der Waals surface area contributed by atoms with Crippen molar-refractivity contribution >= 4 is 23.1 Å². The van der Waals surface area contributed by atoms with Crippen LogP contribution in [0.15, 0.2) is 72.3 Å². The third-order valence-electron chi connectivity index (χ3n) is 5.60. The molecule has 3 aromatic carbocycles. The van der Waals surface area contributed by atoms with Gasteiger partial charge in [0.2, 0.25) is 0 Å². The highest BCUT2D eigenvalue weighted by Gasteiger charge is 2.47. The standard InChI is InChI=1S/C26H22FNO4/c1-15-5-4-6-19(13-15)28-23(17-7-9-18(27)10-8-17)22(25(30)26(28)31)24(29)21-12-11-20(32-3)14-16(21)2/h4-14,23,29H,1-3H3/b24-22-. The molecule has 1 aliphatic rings. The lowest BCUT2D eigenvalue weighted by Gasteiger charge is -2.26. The largest absolute Gasteiger partial charge is 0.507 e. The molecular formula is C26H22FNO4. The van der Waals surface area contributed by atoms with Crippen LogP contribution in [0, 0.1) is 19.7 Å². The highest BCUT2D eigenvalue weighted by atomic mass is 19.1. The number of benzene rings is 3. The third kappa shape index (κ3) is 3.64. The minimum Gasteiger partial charge on any atom is -0.507 e. The summed E-state index contributed by atoms with van der Waals surface area (Å²) in [7, 11) is 1.54. The van der Waals surface area contributed by atoms with Crippen molar-refractivity contribution in [2.45, 2.75) is 19.9 Å². The van der Waals surface area contributed by atoms with Gasteiger partial charge in [-0.2, -0.15) is 0 Å². The molecule has 1 atom stereocenters. The van der Waals surface area contributed by atoms with Crippen molar-refractivity contribution in [3.63, 3.8) is 0 Å². The first kappa shape index (κ1) is 21.3. The molecule has 5 nitrogen and oxygen atoms in total. The van der Waals surface area contributed by atoms with Gasteiger partial charge in [-0.05, 0) is 73.0 Å². The molecule has 3 aromatic rings. The van der Waals surface area contributed by atoms with E-state index < -0.39 is 23.5 Å². The lowest BCUT2D eigenvalue weighted by molar-refractivity contribution is -0.132. The van der Waals surface area contributed by atoms with E-state index in [1.807, 2.05) is 13.0 Å². The molecule has 1 saturated heterocycles. The predicted molar refractivity (Wildman–Crippen MR) is 120 cm³/mol. The average molecular weight is 431 g/mol. The van der Waals surface area contributed by atoms with Crippen LogP contribution in [0.5, 0.6) is 5.75 Å². The Bertz CT molecular complexity index is 1250. The van der Waals surface area contributed by atoms with E-state index >= 15 is 0 Å². The fourth-order valence-corrected chi connectivity index (χ4v) is 4.01. The first-order chi connectivity index (χ1) is 15.3. The van der Waals surface area contributed by atoms with E-state index in [0.29, 0.717) is 28.1 Å². The number of aliphatic hydroxyl groups is 1. The number of Topliss-reactive ketones (excluding diaryl/α,β-unsaturated/α-hetero) is 1. The van der Waals surface area contributed by atoms with Gasteiger partial charge in [0.25, 0.3) is 11.7 Å². The highest BCUT2D eigenvalue weighted by molar-refractivity contribution is 6.51. The lowest BCUT2D eigenvalue weighted by atomic mass is 9.93. The van der Waals surface area contributed by atoms with Gasteiger partial charge in [0, 0.05) is 11.3 Å². The van der Waals surface area contributed by atoms with Gasteiger partial charge in [0.1, 0.15) is 17.3 Å². The highest BCUT2D eigenvalue weighted by Crippen LogP contribution is 2.42. The second-order valence-corrected chi connectivity index (χ2v) is 7.74. The molecule has 162 valence electrons. The van der Waals surface area contributed by atoms with Crippen LogP contribution in [0.3, 0.4) is 0 Å². The third-order valence-corrected chi connectivity index (χ3v) is 5.60. The fourth-order valence-electron chi connectivity index (χ4n) is 4.01. The molecule has 0 aromatic heterocycles. The monoisotopic (exact) mass is 431 g/mol. The van der Waals surface area contributed by atoms with Crippen LogP contribution in [0.1, 0.15) is 28.3 Å². The number of ether oxygens (including phenoxy) is 1. The number of methoxy groups -OCH3 is 1. The molecule has 4 rings (SSSR count). The smallest absolute Gasteiger partial charge is 0.300 e. The van der Waals surface area contributed by atoms with Gasteiger partial charge in [0.05, 0.1) is 18.7 Å². The Balaban J connectivity index is 1.95. The summed E-state index contributed by atoms with van der Waals surface area (Å²) < 4.78 is 18.8. The number of rotatable bonds is 4. The van der Waals surface area contributed by atoms with Crippen molar-refractivity contribution in [1.82, 2.24) is 0 Å². The number of halogens is 1. The van der Waals surface area contributed by atoms with Crippen LogP contribution >= 0.6 is 0 Å². The second-order valence-electron chi connectivity index (χ2n) is 7.74. The summed E-state index contributed by atoms with van der Waals surface area (Å²) in [6.45, 7) is 3.66. The molecule has 0 spiro atoms. The Kier molecular flexibility index (Phi) is 5.53. The van der Waals surface area contributed by atoms with Gasteiger partial charge in [-0.3, -0.25) is 14.5 Å². The maximum absolute atomic E-state index is 13.6. The van der Waals surface area contributed by atoms with Crippen molar-refractivity contribution in [2.75, 3.05) is 12.0 Å². The molecule has 1 unspecified atom stereocenters. The van der Waals surface area contributed by atoms with Crippen molar-refractivity contribution in [3.05, 3.63) is 100 Å². The summed E-state index contributed by atoms with van der Waals surface area (Å²) in [6, 6.07) is 16.9. The SMILES string of the molecule is COc1ccc(/C(O)=C2/C(=O)C(=O)N(c3cccc(C)c3)C2c2ccc(F)cc2)c(C)c1. The summed E-state index contributed by atoms with van der Waals surface area (Å²) in [4.78, 5) is 27.7. The van der Waals surface area contributed by atoms with Crippen LogP contribution in [-0.4, -0.2) is 23.9 Å². The van der Waals surface area contributed by atoms with Gasteiger partial charge >= 0.3 is 0 Å². The zero-order valence-corrected chi connectivity index (χ0v) is 17.9. The van der Waals surface area contributed by atoms with E-state index in [2.05, 4.69) is 0 Å². The van der Waals surface area contributed by atoms with Crippen molar-refractivity contribution in [3.8, 4) is 5.75 Å². The minimum absolute atomic E-state index is 0.0450. The van der Waals surface area contributed by atoms with E-state index in [9.17, 15) is 19.1 Å².